The maximum Gasteiger partial charge on any atom is 0.485 e. The zero-order chi connectivity index (χ0) is 21.4. The largest absolute Gasteiger partial charge is 0.741 e. The predicted octanol–water partition coefficient (Wildman–Crippen LogP) is 2.70. The monoisotopic (exact) mass is 411 g/mol. The van der Waals surface area contributed by atoms with Gasteiger partial charge < -0.3 is 4.55 Å². The van der Waals surface area contributed by atoms with Crippen molar-refractivity contribution < 1.29 is 30.7 Å². The molecule has 0 aliphatic carbocycles. The van der Waals surface area contributed by atoms with E-state index in [2.05, 4.69) is 86.6 Å². The van der Waals surface area contributed by atoms with E-state index in [1.165, 1.54) is 11.5 Å². The standard InChI is InChI=1S/C16H28N3.CHF3O3S/c1-7-19(8-2)16(17(4)5)18(6)14(3)15-12-10-9-11-13-15;2-1(3,4)8(5,6)7/h9-14H,7-8H2,1-6H3;(H,5,6,7)/q+1;/p-1/t14-;/m0./s1. The van der Waals surface area contributed by atoms with E-state index in [-0.39, 0.29) is 0 Å². The summed E-state index contributed by atoms with van der Waals surface area (Å²) in [7, 11) is 0.308. The Morgan fingerprint density at radius 3 is 1.85 bits per heavy atom. The van der Waals surface area contributed by atoms with Gasteiger partial charge in [-0.2, -0.15) is 13.2 Å². The van der Waals surface area contributed by atoms with Gasteiger partial charge in [0.2, 0.25) is 0 Å². The average Bonchev–Trinajstić information content (AvgIpc) is 2.57. The van der Waals surface area contributed by atoms with Crippen LogP contribution in [-0.4, -0.2) is 73.0 Å². The molecule has 0 radical (unpaired) electrons. The van der Waals surface area contributed by atoms with Crippen molar-refractivity contribution in [1.82, 2.24) is 9.80 Å². The Bertz CT molecular complexity index is 699. The first-order valence-corrected chi connectivity index (χ1v) is 9.77. The lowest BCUT2D eigenvalue weighted by Crippen LogP contribution is -2.47. The van der Waals surface area contributed by atoms with Crippen molar-refractivity contribution in [2.75, 3.05) is 34.2 Å². The van der Waals surface area contributed by atoms with E-state index in [4.69, 9.17) is 13.0 Å². The Kier molecular flexibility index (Phi) is 9.80. The molecule has 1 atom stereocenters. The Hall–Kier alpha value is -1.81. The molecule has 10 heteroatoms. The highest BCUT2D eigenvalue weighted by molar-refractivity contribution is 7.86. The second-order valence-corrected chi connectivity index (χ2v) is 7.34. The minimum Gasteiger partial charge on any atom is -0.741 e. The zero-order valence-corrected chi connectivity index (χ0v) is 17.3. The van der Waals surface area contributed by atoms with Crippen molar-refractivity contribution in [3.8, 4) is 0 Å². The first-order chi connectivity index (χ1) is 12.3. The molecule has 1 aromatic rings. The van der Waals surface area contributed by atoms with Gasteiger partial charge >= 0.3 is 11.5 Å². The van der Waals surface area contributed by atoms with E-state index >= 15 is 0 Å². The molecule has 0 amide bonds. The van der Waals surface area contributed by atoms with Crippen molar-refractivity contribution in [1.29, 1.82) is 0 Å². The molecule has 6 nitrogen and oxygen atoms in total. The van der Waals surface area contributed by atoms with Crippen molar-refractivity contribution in [2.24, 2.45) is 0 Å². The summed E-state index contributed by atoms with van der Waals surface area (Å²) in [5.41, 5.74) is -4.30. The Labute approximate surface area is 159 Å². The minimum atomic E-state index is -6.09. The van der Waals surface area contributed by atoms with Crippen LogP contribution in [0.5, 0.6) is 0 Å². The molecule has 0 aliphatic heterocycles. The maximum atomic E-state index is 10.7. The molecule has 0 aliphatic rings. The fourth-order valence-corrected chi connectivity index (χ4v) is 2.46. The predicted molar refractivity (Wildman–Crippen MR) is 98.4 cm³/mol. The van der Waals surface area contributed by atoms with Crippen molar-refractivity contribution in [2.45, 2.75) is 32.3 Å². The fourth-order valence-electron chi connectivity index (χ4n) is 2.46. The molecule has 1 rings (SSSR count). The molecule has 0 unspecified atom stereocenters. The van der Waals surface area contributed by atoms with Crippen LogP contribution in [0.2, 0.25) is 0 Å². The number of hydrogen-bond donors (Lipinski definition) is 0. The van der Waals surface area contributed by atoms with Gasteiger partial charge in [-0.15, -0.1) is 0 Å². The second kappa shape index (κ2) is 10.5. The Morgan fingerprint density at radius 1 is 1.15 bits per heavy atom. The van der Waals surface area contributed by atoms with E-state index in [9.17, 15) is 13.2 Å². The molecule has 0 saturated heterocycles. The third-order valence-electron chi connectivity index (χ3n) is 3.91. The molecule has 0 bridgehead atoms. The molecule has 0 heterocycles. The summed E-state index contributed by atoms with van der Waals surface area (Å²) in [6.45, 7) is 8.70. The second-order valence-electron chi connectivity index (χ2n) is 5.96. The molecule has 0 N–H and O–H groups in total. The van der Waals surface area contributed by atoms with Crippen molar-refractivity contribution in [3.63, 3.8) is 0 Å². The number of rotatable bonds is 4. The highest BCUT2D eigenvalue weighted by Gasteiger charge is 2.36. The Balaban J connectivity index is 0.000000713. The van der Waals surface area contributed by atoms with E-state index in [1.54, 1.807) is 0 Å². The van der Waals surface area contributed by atoms with E-state index in [0.717, 1.165) is 13.1 Å². The highest BCUT2D eigenvalue weighted by Crippen LogP contribution is 2.20. The molecule has 0 aromatic heterocycles. The third kappa shape index (κ3) is 7.76. The molecule has 0 saturated carbocycles. The summed E-state index contributed by atoms with van der Waals surface area (Å²) in [5, 5.41) is 0. The normalized spacial score (nSPS) is 12.5. The summed E-state index contributed by atoms with van der Waals surface area (Å²) >= 11 is 0. The average molecular weight is 411 g/mol. The zero-order valence-electron chi connectivity index (χ0n) is 16.5. The van der Waals surface area contributed by atoms with E-state index in [0.29, 0.717) is 6.04 Å². The van der Waals surface area contributed by atoms with Crippen molar-refractivity contribution in [3.05, 3.63) is 35.9 Å². The first kappa shape index (κ1) is 25.2. The number of halogens is 3. The van der Waals surface area contributed by atoms with Gasteiger partial charge in [0, 0.05) is 0 Å². The smallest absolute Gasteiger partial charge is 0.485 e. The van der Waals surface area contributed by atoms with Crippen LogP contribution in [0, 0.1) is 0 Å². The fraction of sp³-hybridized carbons (Fsp3) is 0.588. The van der Waals surface area contributed by atoms with E-state index < -0.39 is 15.6 Å². The van der Waals surface area contributed by atoms with Gasteiger partial charge in [0.15, 0.2) is 10.1 Å². The Morgan fingerprint density at radius 2 is 1.56 bits per heavy atom. The van der Waals surface area contributed by atoms with Crippen LogP contribution in [-0.2, 0) is 10.1 Å². The van der Waals surface area contributed by atoms with Gasteiger partial charge in [-0.3, -0.25) is 14.4 Å². The summed E-state index contributed by atoms with van der Waals surface area (Å²) < 4.78 is 61.1. The van der Waals surface area contributed by atoms with Crippen LogP contribution in [0.4, 0.5) is 13.2 Å². The van der Waals surface area contributed by atoms with Gasteiger partial charge in [-0.1, -0.05) is 30.3 Å². The third-order valence-corrected chi connectivity index (χ3v) is 4.48. The molecular formula is C17H28F3N3O3S. The van der Waals surface area contributed by atoms with Crippen LogP contribution in [0.15, 0.2) is 30.3 Å². The lowest BCUT2D eigenvalue weighted by Gasteiger charge is -2.29. The quantitative estimate of drug-likeness (QED) is 0.251. The number of guanidine groups is 1. The molecule has 1 aromatic carbocycles. The van der Waals surface area contributed by atoms with Crippen LogP contribution >= 0.6 is 0 Å². The van der Waals surface area contributed by atoms with Gasteiger partial charge in [0.1, 0.15) is 0 Å². The van der Waals surface area contributed by atoms with Gasteiger partial charge in [-0.05, 0) is 26.3 Å². The van der Waals surface area contributed by atoms with Crippen LogP contribution in [0.25, 0.3) is 0 Å². The number of benzene rings is 1. The minimum absolute atomic E-state index is 0.360. The topological polar surface area (TPSA) is 66.7 Å². The maximum absolute atomic E-state index is 10.7. The molecule has 0 spiro atoms. The van der Waals surface area contributed by atoms with E-state index in [1.807, 2.05) is 0 Å². The van der Waals surface area contributed by atoms with Crippen LogP contribution in [0.1, 0.15) is 32.4 Å². The molecule has 27 heavy (non-hydrogen) atoms. The summed E-state index contributed by atoms with van der Waals surface area (Å²) in [5.74, 6) is 1.27. The molecular weight excluding hydrogens is 383 g/mol. The lowest BCUT2D eigenvalue weighted by molar-refractivity contribution is -0.476. The van der Waals surface area contributed by atoms with Crippen molar-refractivity contribution >= 4 is 16.1 Å². The molecule has 156 valence electrons. The number of nitrogens with zero attached hydrogens (tertiary/aromatic N) is 3. The van der Waals surface area contributed by atoms with Gasteiger partial charge in [0.05, 0.1) is 40.3 Å². The SMILES string of the molecule is CCN(CC)C(N(C)[C@@H](C)c1ccccc1)=[N+](C)C.O=S(=O)([O-])C(F)(F)F. The summed E-state index contributed by atoms with van der Waals surface area (Å²) in [6.07, 6.45) is 0. The summed E-state index contributed by atoms with van der Waals surface area (Å²) in [4.78, 5) is 4.74. The first-order valence-electron chi connectivity index (χ1n) is 8.37. The highest BCUT2D eigenvalue weighted by atomic mass is 32.2. The number of hydrogen-bond acceptors (Lipinski definition) is 3. The summed E-state index contributed by atoms with van der Waals surface area (Å²) in [6, 6.07) is 11.0. The van der Waals surface area contributed by atoms with Crippen LogP contribution < -0.4 is 0 Å². The number of alkyl halides is 3. The van der Waals surface area contributed by atoms with Gasteiger partial charge in [-0.25, -0.2) is 8.42 Å². The van der Waals surface area contributed by atoms with Crippen LogP contribution in [0.3, 0.4) is 0 Å². The lowest BCUT2D eigenvalue weighted by atomic mass is 10.1. The van der Waals surface area contributed by atoms with Gasteiger partial charge in [0.25, 0.3) is 0 Å². The molecule has 0 fully saturated rings.